The molecule has 140 valence electrons. The van der Waals surface area contributed by atoms with Gasteiger partial charge in [-0.1, -0.05) is 55.4 Å². The normalized spacial score (nSPS) is 18.6. The lowest BCUT2D eigenvalue weighted by Gasteiger charge is -2.15. The van der Waals surface area contributed by atoms with E-state index < -0.39 is 0 Å². The summed E-state index contributed by atoms with van der Waals surface area (Å²) in [7, 11) is 1.64. The van der Waals surface area contributed by atoms with Crippen molar-refractivity contribution in [3.8, 4) is 5.75 Å². The van der Waals surface area contributed by atoms with Gasteiger partial charge in [0, 0.05) is 0 Å². The van der Waals surface area contributed by atoms with Crippen LogP contribution in [0.2, 0.25) is 0 Å². The van der Waals surface area contributed by atoms with Crippen LogP contribution < -0.4 is 4.74 Å². The average molecular weight is 382 g/mol. The molecule has 5 nitrogen and oxygen atoms in total. The molecule has 27 heavy (non-hydrogen) atoms. The van der Waals surface area contributed by atoms with Crippen LogP contribution in [0.4, 0.5) is 0 Å². The Hall–Kier alpha value is -2.60. The van der Waals surface area contributed by atoms with Crippen molar-refractivity contribution in [1.82, 2.24) is 4.90 Å². The molecular formula is C21H23N3O2S. The zero-order chi connectivity index (χ0) is 19.1. The number of rotatable bonds is 7. The van der Waals surface area contributed by atoms with Gasteiger partial charge in [0.05, 0.1) is 25.1 Å². The van der Waals surface area contributed by atoms with E-state index >= 15 is 0 Å². The van der Waals surface area contributed by atoms with Crippen molar-refractivity contribution in [2.45, 2.75) is 31.6 Å². The number of carbonyl (C=O) groups excluding carboxylic acids is 1. The van der Waals surface area contributed by atoms with Gasteiger partial charge >= 0.3 is 0 Å². The quantitative estimate of drug-likeness (QED) is 0.530. The van der Waals surface area contributed by atoms with E-state index in [1.165, 1.54) is 11.8 Å². The molecule has 1 fully saturated rings. The van der Waals surface area contributed by atoms with Gasteiger partial charge in [-0.3, -0.25) is 9.69 Å². The van der Waals surface area contributed by atoms with Gasteiger partial charge in [0.1, 0.15) is 5.75 Å². The number of hydrogen-bond donors (Lipinski definition) is 0. The van der Waals surface area contributed by atoms with Crippen molar-refractivity contribution in [2.24, 2.45) is 10.2 Å². The summed E-state index contributed by atoms with van der Waals surface area (Å²) in [6, 6.07) is 17.5. The van der Waals surface area contributed by atoms with Crippen molar-refractivity contribution in [3.63, 3.8) is 0 Å². The Morgan fingerprint density at radius 3 is 2.56 bits per heavy atom. The molecule has 0 radical (unpaired) electrons. The molecule has 0 aliphatic carbocycles. The fourth-order valence-electron chi connectivity index (χ4n) is 2.78. The average Bonchev–Trinajstić information content (AvgIpc) is 2.99. The van der Waals surface area contributed by atoms with Crippen molar-refractivity contribution < 1.29 is 9.53 Å². The fraction of sp³-hybridized carbons (Fsp3) is 0.286. The molecule has 2 aromatic rings. The third-order valence-electron chi connectivity index (χ3n) is 4.22. The lowest BCUT2D eigenvalue weighted by Crippen LogP contribution is -2.31. The fourth-order valence-corrected chi connectivity index (χ4v) is 3.99. The summed E-state index contributed by atoms with van der Waals surface area (Å²) in [6.07, 6.45) is 3.49. The van der Waals surface area contributed by atoms with Crippen LogP contribution >= 0.6 is 11.8 Å². The van der Waals surface area contributed by atoms with E-state index in [9.17, 15) is 4.79 Å². The molecule has 6 heteroatoms. The predicted molar refractivity (Wildman–Crippen MR) is 111 cm³/mol. The highest BCUT2D eigenvalue weighted by Crippen LogP contribution is 2.31. The zero-order valence-corrected chi connectivity index (χ0v) is 16.4. The van der Waals surface area contributed by atoms with Crippen molar-refractivity contribution in [2.75, 3.05) is 7.11 Å². The van der Waals surface area contributed by atoms with E-state index in [1.54, 1.807) is 18.2 Å². The van der Waals surface area contributed by atoms with Crippen LogP contribution in [0.15, 0.2) is 64.8 Å². The smallest absolute Gasteiger partial charge is 0.242 e. The summed E-state index contributed by atoms with van der Waals surface area (Å²) < 4.78 is 5.15. The molecule has 0 aromatic heterocycles. The lowest BCUT2D eigenvalue weighted by molar-refractivity contribution is -0.126. The zero-order valence-electron chi connectivity index (χ0n) is 15.5. The summed E-state index contributed by atoms with van der Waals surface area (Å²) in [5.41, 5.74) is 2.00. The molecule has 2 aromatic carbocycles. The number of nitrogens with zero attached hydrogens (tertiary/aromatic N) is 3. The number of carbonyl (C=O) groups is 1. The van der Waals surface area contributed by atoms with E-state index in [0.29, 0.717) is 11.7 Å². The lowest BCUT2D eigenvalue weighted by atomic mass is 10.2. The van der Waals surface area contributed by atoms with Crippen LogP contribution in [0.3, 0.4) is 0 Å². The third-order valence-corrected chi connectivity index (χ3v) is 5.46. The first kappa shape index (κ1) is 19.2. The van der Waals surface area contributed by atoms with E-state index in [-0.39, 0.29) is 11.2 Å². The van der Waals surface area contributed by atoms with Crippen LogP contribution in [0.5, 0.6) is 5.75 Å². The topological polar surface area (TPSA) is 54.3 Å². The number of ether oxygens (including phenoxy) is 1. The maximum atomic E-state index is 12.8. The van der Waals surface area contributed by atoms with Crippen LogP contribution in [0, 0.1) is 0 Å². The minimum atomic E-state index is -0.0753. The number of amides is 1. The van der Waals surface area contributed by atoms with Crippen molar-refractivity contribution >= 4 is 29.1 Å². The van der Waals surface area contributed by atoms with Gasteiger partial charge in [0.15, 0.2) is 5.17 Å². The first-order valence-electron chi connectivity index (χ1n) is 8.98. The van der Waals surface area contributed by atoms with Crippen LogP contribution in [0.25, 0.3) is 0 Å². The molecule has 0 N–H and O–H groups in total. The number of hydrogen-bond acceptors (Lipinski definition) is 5. The Balaban J connectivity index is 1.77. The molecule has 1 saturated heterocycles. The Morgan fingerprint density at radius 2 is 1.89 bits per heavy atom. The largest absolute Gasteiger partial charge is 0.497 e. The Labute approximate surface area is 164 Å². The predicted octanol–water partition coefficient (Wildman–Crippen LogP) is 4.33. The first-order chi connectivity index (χ1) is 13.2. The molecular weight excluding hydrogens is 358 g/mol. The second kappa shape index (κ2) is 9.37. The van der Waals surface area contributed by atoms with Gasteiger partial charge in [-0.15, -0.1) is 5.10 Å². The summed E-state index contributed by atoms with van der Waals surface area (Å²) in [5, 5.41) is 9.14. The first-order valence-corrected chi connectivity index (χ1v) is 9.86. The molecule has 1 heterocycles. The Kier molecular flexibility index (Phi) is 6.65. The maximum Gasteiger partial charge on any atom is 0.242 e. The molecule has 3 rings (SSSR count). The molecule has 0 spiro atoms. The minimum absolute atomic E-state index is 0.0753. The van der Waals surface area contributed by atoms with Gasteiger partial charge < -0.3 is 4.74 Å². The molecule has 0 unspecified atom stereocenters. The molecule has 1 aliphatic heterocycles. The minimum Gasteiger partial charge on any atom is -0.497 e. The molecule has 1 aliphatic rings. The second-order valence-corrected chi connectivity index (χ2v) is 7.38. The molecule has 1 atom stereocenters. The van der Waals surface area contributed by atoms with E-state index in [2.05, 4.69) is 17.1 Å². The number of benzene rings is 2. The number of methoxy groups -OCH3 is 1. The van der Waals surface area contributed by atoms with Crippen LogP contribution in [-0.2, 0) is 11.3 Å². The van der Waals surface area contributed by atoms with Crippen molar-refractivity contribution in [3.05, 3.63) is 65.7 Å². The highest BCUT2D eigenvalue weighted by atomic mass is 32.2. The monoisotopic (exact) mass is 381 g/mol. The van der Waals surface area contributed by atoms with Crippen molar-refractivity contribution in [1.29, 1.82) is 0 Å². The van der Waals surface area contributed by atoms with E-state index in [0.717, 1.165) is 29.7 Å². The number of amidine groups is 1. The Morgan fingerprint density at radius 1 is 1.15 bits per heavy atom. The van der Waals surface area contributed by atoms with E-state index in [4.69, 9.17) is 4.74 Å². The standard InChI is InChI=1S/C21H23N3O2S/c1-3-7-19-20(25)24(15-17-8-5-4-6-9-17)21(27-19)23-22-14-16-10-12-18(26-2)13-11-16/h4-6,8-14,19H,3,7,15H2,1-2H3/b22-14-,23-21-/t19-/m1/s1. The summed E-state index contributed by atoms with van der Waals surface area (Å²) in [6.45, 7) is 2.61. The van der Waals surface area contributed by atoms with E-state index in [1.807, 2.05) is 54.6 Å². The summed E-state index contributed by atoms with van der Waals surface area (Å²) in [4.78, 5) is 14.5. The second-order valence-electron chi connectivity index (χ2n) is 6.21. The van der Waals surface area contributed by atoms with Crippen LogP contribution in [-0.4, -0.2) is 34.5 Å². The van der Waals surface area contributed by atoms with Crippen LogP contribution in [0.1, 0.15) is 30.9 Å². The number of thioether (sulfide) groups is 1. The SMILES string of the molecule is CCC[C@H]1S/C(=N\N=C/c2ccc(OC)cc2)N(Cc2ccccc2)C1=O. The highest BCUT2D eigenvalue weighted by molar-refractivity contribution is 8.15. The third kappa shape index (κ3) is 4.98. The summed E-state index contributed by atoms with van der Waals surface area (Å²) in [5.74, 6) is 0.913. The highest BCUT2D eigenvalue weighted by Gasteiger charge is 2.37. The van der Waals surface area contributed by atoms with Gasteiger partial charge in [0.25, 0.3) is 0 Å². The van der Waals surface area contributed by atoms with Gasteiger partial charge in [0.2, 0.25) is 5.91 Å². The van der Waals surface area contributed by atoms with Gasteiger partial charge in [-0.25, -0.2) is 0 Å². The molecule has 0 saturated carbocycles. The van der Waals surface area contributed by atoms with Gasteiger partial charge in [-0.05, 0) is 41.8 Å². The molecule has 1 amide bonds. The Bertz CT molecular complexity index is 819. The van der Waals surface area contributed by atoms with Gasteiger partial charge in [-0.2, -0.15) is 5.10 Å². The molecule has 0 bridgehead atoms. The maximum absolute atomic E-state index is 12.8. The summed E-state index contributed by atoms with van der Waals surface area (Å²) >= 11 is 1.50.